The Morgan fingerprint density at radius 1 is 1.17 bits per heavy atom. The minimum atomic E-state index is -0.650. The van der Waals surface area contributed by atoms with Gasteiger partial charge in [0.1, 0.15) is 23.6 Å². The number of nitrogens with one attached hydrogen (secondary N) is 1. The Bertz CT molecular complexity index is 1290. The summed E-state index contributed by atoms with van der Waals surface area (Å²) < 4.78 is 7.66. The lowest BCUT2D eigenvalue weighted by Gasteiger charge is -2.29. The number of ether oxygens (including phenoxy) is 1. The lowest BCUT2D eigenvalue weighted by Crippen LogP contribution is -2.52. The van der Waals surface area contributed by atoms with Crippen molar-refractivity contribution in [3.63, 3.8) is 0 Å². The van der Waals surface area contributed by atoms with Crippen LogP contribution in [0.4, 0.5) is 0 Å². The molecule has 0 radical (unpaired) electrons. The fraction of sp³-hybridized carbons (Fsp3) is 0.320. The van der Waals surface area contributed by atoms with Crippen LogP contribution in [0.3, 0.4) is 0 Å². The number of hydrogen-bond acceptors (Lipinski definition) is 7. The van der Waals surface area contributed by atoms with Crippen molar-refractivity contribution in [2.45, 2.75) is 51.5 Å². The van der Waals surface area contributed by atoms with Crippen molar-refractivity contribution in [1.29, 1.82) is 0 Å². The molecule has 2 N–H and O–H groups in total. The van der Waals surface area contributed by atoms with Crippen LogP contribution in [-0.4, -0.2) is 48.8 Å². The van der Waals surface area contributed by atoms with Crippen LogP contribution in [0.25, 0.3) is 5.69 Å². The molecule has 0 spiro atoms. The number of aliphatic hydroxyl groups excluding tert-OH is 1. The molecule has 3 heterocycles. The predicted molar refractivity (Wildman–Crippen MR) is 123 cm³/mol. The first-order valence-electron chi connectivity index (χ1n) is 11.5. The van der Waals surface area contributed by atoms with E-state index in [0.29, 0.717) is 42.1 Å². The lowest BCUT2D eigenvalue weighted by atomic mass is 10.0. The fourth-order valence-electron chi connectivity index (χ4n) is 4.43. The van der Waals surface area contributed by atoms with Gasteiger partial charge in [-0.25, -0.2) is 4.68 Å². The highest BCUT2D eigenvalue weighted by molar-refractivity contribution is 6.05. The van der Waals surface area contributed by atoms with Gasteiger partial charge >= 0.3 is 0 Å². The largest absolute Gasteiger partial charge is 0.484 e. The Morgan fingerprint density at radius 3 is 2.69 bits per heavy atom. The SMILES string of the molecule is CCC(Oc1ccc(CO)cc1)c1cn(-c2ccc3c(c2)C(=O)N(C2CCC(=O)NC2=O)C3)nn1. The highest BCUT2D eigenvalue weighted by atomic mass is 16.5. The second kappa shape index (κ2) is 9.30. The summed E-state index contributed by atoms with van der Waals surface area (Å²) in [6.45, 7) is 2.29. The van der Waals surface area contributed by atoms with Crippen molar-refractivity contribution in [3.05, 3.63) is 71.0 Å². The topological polar surface area (TPSA) is 127 Å². The molecule has 2 unspecified atom stereocenters. The number of aromatic nitrogens is 3. The molecule has 35 heavy (non-hydrogen) atoms. The maximum Gasteiger partial charge on any atom is 0.255 e. The molecule has 0 bridgehead atoms. The number of carbonyl (C=O) groups excluding carboxylic acids is 3. The van der Waals surface area contributed by atoms with Crippen molar-refractivity contribution >= 4 is 17.7 Å². The maximum atomic E-state index is 13.1. The second-order valence-corrected chi connectivity index (χ2v) is 8.65. The number of imide groups is 1. The van der Waals surface area contributed by atoms with E-state index in [1.165, 1.54) is 4.90 Å². The van der Waals surface area contributed by atoms with E-state index in [1.54, 1.807) is 41.2 Å². The third-order valence-electron chi connectivity index (χ3n) is 6.37. The van der Waals surface area contributed by atoms with Crippen LogP contribution in [0.5, 0.6) is 5.75 Å². The third-order valence-corrected chi connectivity index (χ3v) is 6.37. The molecule has 0 aliphatic carbocycles. The first-order chi connectivity index (χ1) is 17.0. The number of carbonyl (C=O) groups is 3. The number of benzene rings is 2. The van der Waals surface area contributed by atoms with Gasteiger partial charge in [0, 0.05) is 18.5 Å². The van der Waals surface area contributed by atoms with Crippen LogP contribution >= 0.6 is 0 Å². The lowest BCUT2D eigenvalue weighted by molar-refractivity contribution is -0.136. The summed E-state index contributed by atoms with van der Waals surface area (Å²) in [5.41, 5.74) is 3.46. The number of aliphatic hydroxyl groups is 1. The number of piperidine rings is 1. The highest BCUT2D eigenvalue weighted by Gasteiger charge is 2.39. The molecule has 10 heteroatoms. The van der Waals surface area contributed by atoms with Gasteiger partial charge < -0.3 is 14.7 Å². The Morgan fingerprint density at radius 2 is 1.97 bits per heavy atom. The quantitative estimate of drug-likeness (QED) is 0.501. The first kappa shape index (κ1) is 22.7. The number of nitrogens with zero attached hydrogens (tertiary/aromatic N) is 4. The monoisotopic (exact) mass is 475 g/mol. The van der Waals surface area contributed by atoms with E-state index in [1.807, 2.05) is 19.1 Å². The molecule has 180 valence electrons. The molecule has 3 aromatic rings. The number of fused-ring (bicyclic) bond motifs is 1. The van der Waals surface area contributed by atoms with Gasteiger partial charge in [0.15, 0.2) is 0 Å². The summed E-state index contributed by atoms with van der Waals surface area (Å²) >= 11 is 0. The van der Waals surface area contributed by atoms with Crippen LogP contribution in [0, 0.1) is 0 Å². The number of hydrogen-bond donors (Lipinski definition) is 2. The van der Waals surface area contributed by atoms with Crippen LogP contribution in [-0.2, 0) is 22.7 Å². The molecule has 3 amide bonds. The van der Waals surface area contributed by atoms with Crippen LogP contribution in [0.2, 0.25) is 0 Å². The van der Waals surface area contributed by atoms with Gasteiger partial charge in [0.2, 0.25) is 11.8 Å². The first-order valence-corrected chi connectivity index (χ1v) is 11.5. The third kappa shape index (κ3) is 4.40. The molecule has 2 atom stereocenters. The molecule has 2 aliphatic rings. The minimum absolute atomic E-state index is 0.0274. The Balaban J connectivity index is 1.33. The molecule has 2 aromatic carbocycles. The van der Waals surface area contributed by atoms with Crippen LogP contribution in [0.1, 0.15) is 59.5 Å². The van der Waals surface area contributed by atoms with Crippen molar-refractivity contribution < 1.29 is 24.2 Å². The normalized spacial score (nSPS) is 18.4. The van der Waals surface area contributed by atoms with Gasteiger partial charge in [-0.3, -0.25) is 19.7 Å². The summed E-state index contributed by atoms with van der Waals surface area (Å²) in [7, 11) is 0. The molecule has 1 fully saturated rings. The standard InChI is InChI=1S/C25H25N5O5/c1-2-22(35-18-7-3-15(14-31)4-8-18)20-13-30(28-27-20)17-6-5-16-12-29(25(34)19(16)11-17)21-9-10-23(32)26-24(21)33/h3-8,11,13,21-22,31H,2,9-10,12,14H2,1H3,(H,26,32,33). The van der Waals surface area contributed by atoms with Gasteiger partial charge in [-0.1, -0.05) is 30.3 Å². The second-order valence-electron chi connectivity index (χ2n) is 8.65. The van der Waals surface area contributed by atoms with Gasteiger partial charge in [-0.15, -0.1) is 5.10 Å². The van der Waals surface area contributed by atoms with Crippen molar-refractivity contribution in [3.8, 4) is 11.4 Å². The van der Waals surface area contributed by atoms with E-state index >= 15 is 0 Å². The molecule has 1 aromatic heterocycles. The average Bonchev–Trinajstić information content (AvgIpc) is 3.48. The summed E-state index contributed by atoms with van der Waals surface area (Å²) in [5.74, 6) is -0.311. The Hall–Kier alpha value is -4.05. The van der Waals surface area contributed by atoms with E-state index in [2.05, 4.69) is 15.6 Å². The predicted octanol–water partition coefficient (Wildman–Crippen LogP) is 2.05. The fourth-order valence-corrected chi connectivity index (χ4v) is 4.43. The molecule has 0 saturated carbocycles. The number of rotatable bonds is 7. The summed E-state index contributed by atoms with van der Waals surface area (Å²) in [6.07, 6.45) is 2.67. The average molecular weight is 476 g/mol. The van der Waals surface area contributed by atoms with Crippen LogP contribution in [0.15, 0.2) is 48.7 Å². The van der Waals surface area contributed by atoms with E-state index in [-0.39, 0.29) is 30.9 Å². The smallest absolute Gasteiger partial charge is 0.255 e. The Labute approximate surface area is 201 Å². The summed E-state index contributed by atoms with van der Waals surface area (Å²) in [4.78, 5) is 38.3. The zero-order chi connectivity index (χ0) is 24.5. The molecule has 2 aliphatic heterocycles. The van der Waals surface area contributed by atoms with E-state index < -0.39 is 11.9 Å². The van der Waals surface area contributed by atoms with E-state index in [0.717, 1.165) is 11.1 Å². The van der Waals surface area contributed by atoms with E-state index in [9.17, 15) is 19.5 Å². The molecule has 5 rings (SSSR count). The summed E-state index contributed by atoms with van der Waals surface area (Å²) in [5, 5.41) is 20.0. The Kier molecular flexibility index (Phi) is 6.04. The molecular formula is C25H25N5O5. The summed E-state index contributed by atoms with van der Waals surface area (Å²) in [6, 6.07) is 12.0. The van der Waals surface area contributed by atoms with Gasteiger partial charge in [0.25, 0.3) is 5.91 Å². The zero-order valence-corrected chi connectivity index (χ0v) is 19.2. The van der Waals surface area contributed by atoms with Crippen molar-refractivity contribution in [2.75, 3.05) is 0 Å². The highest BCUT2D eigenvalue weighted by Crippen LogP contribution is 2.30. The molecule has 10 nitrogen and oxygen atoms in total. The van der Waals surface area contributed by atoms with Gasteiger partial charge in [-0.05, 0) is 48.2 Å². The van der Waals surface area contributed by atoms with Crippen LogP contribution < -0.4 is 10.1 Å². The van der Waals surface area contributed by atoms with E-state index in [4.69, 9.17) is 4.74 Å². The van der Waals surface area contributed by atoms with Gasteiger partial charge in [-0.2, -0.15) is 0 Å². The minimum Gasteiger partial charge on any atom is -0.484 e. The maximum absolute atomic E-state index is 13.1. The number of amides is 3. The van der Waals surface area contributed by atoms with Crippen molar-refractivity contribution in [1.82, 2.24) is 25.2 Å². The molecular weight excluding hydrogens is 450 g/mol. The van der Waals surface area contributed by atoms with Crippen molar-refractivity contribution in [2.24, 2.45) is 0 Å². The molecule has 1 saturated heterocycles. The van der Waals surface area contributed by atoms with Gasteiger partial charge in [0.05, 0.1) is 18.5 Å². The zero-order valence-electron chi connectivity index (χ0n) is 19.2.